The lowest BCUT2D eigenvalue weighted by Gasteiger charge is -2.25. The minimum atomic E-state index is -4.38. The van der Waals surface area contributed by atoms with Crippen molar-refractivity contribution in [2.75, 3.05) is 36.5 Å². The molecule has 3 aromatic rings. The number of amides is 2. The largest absolute Gasteiger partial charge is 0.493 e. The predicted molar refractivity (Wildman–Crippen MR) is 140 cm³/mol. The number of nitrogens with one attached hydrogen (secondary N) is 1. The van der Waals surface area contributed by atoms with Gasteiger partial charge in [-0.15, -0.1) is 0 Å². The van der Waals surface area contributed by atoms with Crippen LogP contribution in [0, 0.1) is 5.82 Å². The summed E-state index contributed by atoms with van der Waals surface area (Å²) in [6.45, 7) is 0.0678. The summed E-state index contributed by atoms with van der Waals surface area (Å²) >= 11 is 0. The van der Waals surface area contributed by atoms with Gasteiger partial charge in [0, 0.05) is 31.3 Å². The van der Waals surface area contributed by atoms with Gasteiger partial charge >= 0.3 is 0 Å². The number of rotatable bonds is 10. The van der Waals surface area contributed by atoms with Crippen molar-refractivity contribution in [3.63, 3.8) is 0 Å². The molecule has 1 fully saturated rings. The van der Waals surface area contributed by atoms with E-state index in [0.717, 1.165) is 28.0 Å². The lowest BCUT2D eigenvalue weighted by atomic mass is 10.2. The van der Waals surface area contributed by atoms with E-state index in [0.29, 0.717) is 18.7 Å². The number of halogens is 1. The fourth-order valence-electron chi connectivity index (χ4n) is 4.20. The van der Waals surface area contributed by atoms with Crippen molar-refractivity contribution in [3.05, 3.63) is 78.1 Å². The van der Waals surface area contributed by atoms with Crippen molar-refractivity contribution < 1.29 is 31.9 Å². The second-order valence-electron chi connectivity index (χ2n) is 8.58. The molecule has 0 saturated carbocycles. The van der Waals surface area contributed by atoms with Crippen molar-refractivity contribution in [2.45, 2.75) is 24.3 Å². The summed E-state index contributed by atoms with van der Waals surface area (Å²) in [7, 11) is -1.60. The Morgan fingerprint density at radius 2 is 1.79 bits per heavy atom. The Morgan fingerprint density at radius 3 is 2.47 bits per heavy atom. The van der Waals surface area contributed by atoms with Gasteiger partial charge in [-0.2, -0.15) is 0 Å². The quantitative estimate of drug-likeness (QED) is 0.421. The summed E-state index contributed by atoms with van der Waals surface area (Å²) in [5.74, 6) is -0.901. The average molecular weight is 542 g/mol. The van der Waals surface area contributed by atoms with E-state index < -0.39 is 28.3 Å². The monoisotopic (exact) mass is 541 g/mol. The predicted octanol–water partition coefficient (Wildman–Crippen LogP) is 3.48. The highest BCUT2D eigenvalue weighted by Crippen LogP contribution is 2.33. The zero-order chi connectivity index (χ0) is 27.3. The molecule has 0 aliphatic carbocycles. The number of carbonyl (C=O) groups excluding carboxylic acids is 2. The third-order valence-corrected chi connectivity index (χ3v) is 7.89. The fourth-order valence-corrected chi connectivity index (χ4v) is 5.64. The molecule has 0 atom stereocenters. The number of hydrogen-bond acceptors (Lipinski definition) is 6. The van der Waals surface area contributed by atoms with E-state index in [2.05, 4.69) is 5.32 Å². The van der Waals surface area contributed by atoms with E-state index in [-0.39, 0.29) is 28.8 Å². The number of para-hydroxylation sites is 1. The van der Waals surface area contributed by atoms with Crippen molar-refractivity contribution in [3.8, 4) is 11.5 Å². The fraction of sp³-hybridized carbons (Fsp3) is 0.259. The number of benzene rings is 3. The molecule has 2 amide bonds. The van der Waals surface area contributed by atoms with Gasteiger partial charge in [0.05, 0.1) is 24.8 Å². The van der Waals surface area contributed by atoms with Crippen molar-refractivity contribution in [1.29, 1.82) is 0 Å². The van der Waals surface area contributed by atoms with Crippen LogP contribution in [0.4, 0.5) is 15.8 Å². The molecule has 200 valence electrons. The number of ether oxygens (including phenoxy) is 2. The minimum Gasteiger partial charge on any atom is -0.493 e. The Balaban J connectivity index is 1.57. The molecule has 1 heterocycles. The van der Waals surface area contributed by atoms with Crippen LogP contribution in [0.1, 0.15) is 18.4 Å². The Morgan fingerprint density at radius 1 is 1.03 bits per heavy atom. The normalized spacial score (nSPS) is 13.3. The maximum atomic E-state index is 14.8. The van der Waals surface area contributed by atoms with Crippen LogP contribution < -0.4 is 24.0 Å². The maximum absolute atomic E-state index is 14.8. The van der Waals surface area contributed by atoms with Crippen LogP contribution in [0.3, 0.4) is 0 Å². The van der Waals surface area contributed by atoms with Crippen LogP contribution >= 0.6 is 0 Å². The van der Waals surface area contributed by atoms with E-state index in [1.54, 1.807) is 23.1 Å². The van der Waals surface area contributed by atoms with Gasteiger partial charge in [0.2, 0.25) is 11.8 Å². The Kier molecular flexibility index (Phi) is 8.16. The van der Waals surface area contributed by atoms with Gasteiger partial charge in [0.25, 0.3) is 10.0 Å². The smallest absolute Gasteiger partial charge is 0.265 e. The molecule has 11 heteroatoms. The molecule has 4 rings (SSSR count). The van der Waals surface area contributed by atoms with E-state index >= 15 is 0 Å². The zero-order valence-electron chi connectivity index (χ0n) is 21.0. The number of methoxy groups -OCH3 is 2. The van der Waals surface area contributed by atoms with Crippen LogP contribution in [0.15, 0.2) is 71.6 Å². The number of nitrogens with zero attached hydrogens (tertiary/aromatic N) is 2. The molecule has 0 unspecified atom stereocenters. The van der Waals surface area contributed by atoms with Crippen LogP contribution in [-0.2, 0) is 26.2 Å². The van der Waals surface area contributed by atoms with Gasteiger partial charge in [-0.05, 0) is 48.4 Å². The van der Waals surface area contributed by atoms with Crippen molar-refractivity contribution in [2.24, 2.45) is 0 Å². The molecule has 38 heavy (non-hydrogen) atoms. The van der Waals surface area contributed by atoms with Crippen molar-refractivity contribution in [1.82, 2.24) is 5.32 Å². The van der Waals surface area contributed by atoms with Crippen LogP contribution in [0.2, 0.25) is 0 Å². The summed E-state index contributed by atoms with van der Waals surface area (Å²) in [6, 6.07) is 16.5. The summed E-state index contributed by atoms with van der Waals surface area (Å²) in [5.41, 5.74) is 1.20. The molecule has 1 saturated heterocycles. The number of sulfonamides is 1. The molecule has 9 nitrogen and oxygen atoms in total. The first-order valence-corrected chi connectivity index (χ1v) is 13.3. The first kappa shape index (κ1) is 26.9. The molecule has 1 N–H and O–H groups in total. The Bertz CT molecular complexity index is 1450. The number of hydrogen-bond donors (Lipinski definition) is 1. The van der Waals surface area contributed by atoms with Gasteiger partial charge in [-0.1, -0.05) is 24.3 Å². The van der Waals surface area contributed by atoms with Gasteiger partial charge in [0.15, 0.2) is 11.5 Å². The average Bonchev–Trinajstić information content (AvgIpc) is 3.36. The topological polar surface area (TPSA) is 105 Å². The SMILES string of the molecule is COc1ccc(S(=O)(=O)N(CC(=O)NCc2cccc(N3CCCC3=O)c2)c2ccccc2F)cc1OC. The highest BCUT2D eigenvalue weighted by molar-refractivity contribution is 7.92. The van der Waals surface area contributed by atoms with Crippen LogP contribution in [0.5, 0.6) is 11.5 Å². The number of anilines is 2. The maximum Gasteiger partial charge on any atom is 0.265 e. The second-order valence-corrected chi connectivity index (χ2v) is 10.4. The third-order valence-electron chi connectivity index (χ3n) is 6.14. The Labute approximate surface area is 220 Å². The highest BCUT2D eigenvalue weighted by atomic mass is 32.2. The summed E-state index contributed by atoms with van der Waals surface area (Å²) in [4.78, 5) is 26.5. The van der Waals surface area contributed by atoms with E-state index in [1.165, 1.54) is 50.6 Å². The molecule has 0 spiro atoms. The van der Waals surface area contributed by atoms with Gasteiger partial charge < -0.3 is 19.7 Å². The summed E-state index contributed by atoms with van der Waals surface area (Å²) in [6.07, 6.45) is 1.29. The zero-order valence-corrected chi connectivity index (χ0v) is 21.8. The van der Waals surface area contributed by atoms with Crippen LogP contribution in [-0.4, -0.2) is 47.5 Å². The second kappa shape index (κ2) is 11.5. The highest BCUT2D eigenvalue weighted by Gasteiger charge is 2.30. The van der Waals surface area contributed by atoms with Crippen LogP contribution in [0.25, 0.3) is 0 Å². The third kappa shape index (κ3) is 5.72. The van der Waals surface area contributed by atoms with E-state index in [4.69, 9.17) is 9.47 Å². The summed E-state index contributed by atoms with van der Waals surface area (Å²) < 4.78 is 53.1. The molecule has 0 aromatic heterocycles. The standard InChI is InChI=1S/C27H28FN3O6S/c1-36-24-13-12-21(16-25(24)37-2)38(34,35)31(23-10-4-3-9-22(23)28)18-26(32)29-17-19-7-5-8-20(15-19)30-14-6-11-27(30)33/h3-5,7-10,12-13,15-16H,6,11,14,17-18H2,1-2H3,(H,29,32). The molecule has 0 bridgehead atoms. The van der Waals surface area contributed by atoms with Gasteiger partial charge in [-0.25, -0.2) is 12.8 Å². The Hall–Kier alpha value is -4.12. The van der Waals surface area contributed by atoms with Gasteiger partial charge in [0.1, 0.15) is 12.4 Å². The minimum absolute atomic E-state index is 0.0482. The first-order valence-electron chi connectivity index (χ1n) is 11.9. The lowest BCUT2D eigenvalue weighted by Crippen LogP contribution is -2.41. The first-order chi connectivity index (χ1) is 18.2. The molecule has 0 radical (unpaired) electrons. The molecular formula is C27H28FN3O6S. The molecule has 1 aliphatic rings. The molecular weight excluding hydrogens is 513 g/mol. The van der Waals surface area contributed by atoms with E-state index in [1.807, 2.05) is 6.07 Å². The summed E-state index contributed by atoms with van der Waals surface area (Å²) in [5, 5.41) is 2.70. The molecule has 3 aromatic carbocycles. The molecule has 1 aliphatic heterocycles. The van der Waals surface area contributed by atoms with Gasteiger partial charge in [-0.3, -0.25) is 13.9 Å². The lowest BCUT2D eigenvalue weighted by molar-refractivity contribution is -0.120. The van der Waals surface area contributed by atoms with Crippen molar-refractivity contribution >= 4 is 33.2 Å². The van der Waals surface area contributed by atoms with E-state index in [9.17, 15) is 22.4 Å². The number of carbonyl (C=O) groups is 2.